The van der Waals surface area contributed by atoms with Gasteiger partial charge >= 0.3 is 0 Å². The van der Waals surface area contributed by atoms with Gasteiger partial charge in [-0.1, -0.05) is 6.07 Å². The SMILES string of the molecule is O=C(CN1CCCC(c2ccn[nH]2)C1)NCCc1c(F)cccc1F. The first-order valence-electron chi connectivity index (χ1n) is 8.54. The number of nitrogens with zero attached hydrogens (tertiary/aromatic N) is 2. The molecule has 1 aromatic carbocycles. The molecule has 1 amide bonds. The number of carbonyl (C=O) groups is 1. The molecule has 1 aromatic heterocycles. The number of H-pyrrole nitrogens is 1. The minimum Gasteiger partial charge on any atom is -0.355 e. The van der Waals surface area contributed by atoms with Gasteiger partial charge in [0.05, 0.1) is 6.54 Å². The van der Waals surface area contributed by atoms with Crippen molar-refractivity contribution in [1.82, 2.24) is 20.4 Å². The lowest BCUT2D eigenvalue weighted by Crippen LogP contribution is -2.42. The normalized spacial score (nSPS) is 18.2. The number of hydrogen-bond donors (Lipinski definition) is 2. The van der Waals surface area contributed by atoms with E-state index in [0.29, 0.717) is 12.5 Å². The van der Waals surface area contributed by atoms with Crippen molar-refractivity contribution < 1.29 is 13.6 Å². The van der Waals surface area contributed by atoms with Crippen LogP contribution in [0.3, 0.4) is 0 Å². The molecule has 0 bridgehead atoms. The van der Waals surface area contributed by atoms with Crippen LogP contribution in [0.1, 0.15) is 30.0 Å². The second-order valence-electron chi connectivity index (χ2n) is 6.39. The van der Waals surface area contributed by atoms with Crippen molar-refractivity contribution in [2.75, 3.05) is 26.2 Å². The summed E-state index contributed by atoms with van der Waals surface area (Å²) in [5.41, 5.74) is 1.11. The van der Waals surface area contributed by atoms with Crippen LogP contribution in [0.5, 0.6) is 0 Å². The van der Waals surface area contributed by atoms with Crippen molar-refractivity contribution in [3.05, 3.63) is 53.4 Å². The quantitative estimate of drug-likeness (QED) is 0.842. The Morgan fingerprint density at radius 3 is 2.84 bits per heavy atom. The van der Waals surface area contributed by atoms with Crippen LogP contribution in [0.2, 0.25) is 0 Å². The monoisotopic (exact) mass is 348 g/mol. The molecular weight excluding hydrogens is 326 g/mol. The van der Waals surface area contributed by atoms with Gasteiger partial charge in [-0.2, -0.15) is 5.10 Å². The third kappa shape index (κ3) is 4.63. The summed E-state index contributed by atoms with van der Waals surface area (Å²) in [7, 11) is 0. The zero-order chi connectivity index (χ0) is 17.6. The minimum absolute atomic E-state index is 0.0140. The number of likely N-dealkylation sites (tertiary alicyclic amines) is 1. The number of halogens is 2. The number of carbonyl (C=O) groups excluding carboxylic acids is 1. The third-order valence-corrected chi connectivity index (χ3v) is 4.59. The molecule has 1 atom stereocenters. The molecule has 0 saturated carbocycles. The molecule has 1 unspecified atom stereocenters. The molecule has 1 aliphatic rings. The largest absolute Gasteiger partial charge is 0.355 e. The summed E-state index contributed by atoms with van der Waals surface area (Å²) < 4.78 is 27.1. The number of rotatable bonds is 6. The molecule has 0 radical (unpaired) electrons. The van der Waals surface area contributed by atoms with Crippen LogP contribution in [0.4, 0.5) is 8.78 Å². The smallest absolute Gasteiger partial charge is 0.234 e. The van der Waals surface area contributed by atoms with Gasteiger partial charge in [0.2, 0.25) is 5.91 Å². The molecule has 1 aliphatic heterocycles. The van der Waals surface area contributed by atoms with Crippen molar-refractivity contribution >= 4 is 5.91 Å². The molecule has 1 saturated heterocycles. The first kappa shape index (κ1) is 17.5. The molecule has 2 aromatic rings. The van der Waals surface area contributed by atoms with Gasteiger partial charge in [0.15, 0.2) is 0 Å². The van der Waals surface area contributed by atoms with E-state index in [-0.39, 0.29) is 24.4 Å². The summed E-state index contributed by atoms with van der Waals surface area (Å²) in [5, 5.41) is 9.73. The Hall–Kier alpha value is -2.28. The standard InChI is InChI=1S/C18H22F2N4O/c19-15-4-1-5-16(20)14(15)6-8-21-18(25)12-24-10-2-3-13(11-24)17-7-9-22-23-17/h1,4-5,7,9,13H,2-3,6,8,10-12H2,(H,21,25)(H,22,23). The highest BCUT2D eigenvalue weighted by atomic mass is 19.1. The lowest BCUT2D eigenvalue weighted by atomic mass is 9.95. The summed E-state index contributed by atoms with van der Waals surface area (Å²) in [6.07, 6.45) is 3.98. The van der Waals surface area contributed by atoms with Gasteiger partial charge in [0, 0.05) is 36.5 Å². The Labute approximate surface area is 145 Å². The summed E-state index contributed by atoms with van der Waals surface area (Å²) in [6.45, 7) is 2.19. The zero-order valence-corrected chi connectivity index (χ0v) is 14.0. The number of benzene rings is 1. The molecule has 0 aliphatic carbocycles. The Kier molecular flexibility index (Phi) is 5.75. The molecule has 2 N–H and O–H groups in total. The van der Waals surface area contributed by atoms with Gasteiger partial charge < -0.3 is 5.32 Å². The highest BCUT2D eigenvalue weighted by Gasteiger charge is 2.23. The second kappa shape index (κ2) is 8.20. The average molecular weight is 348 g/mol. The van der Waals surface area contributed by atoms with E-state index in [1.807, 2.05) is 6.07 Å². The van der Waals surface area contributed by atoms with E-state index in [9.17, 15) is 13.6 Å². The molecule has 1 fully saturated rings. The van der Waals surface area contributed by atoms with Gasteiger partial charge in [-0.05, 0) is 44.0 Å². The number of piperidine rings is 1. The number of aromatic nitrogens is 2. The minimum atomic E-state index is -0.576. The van der Waals surface area contributed by atoms with Gasteiger partial charge in [0.25, 0.3) is 0 Å². The van der Waals surface area contributed by atoms with Crippen molar-refractivity contribution in [2.45, 2.75) is 25.2 Å². The molecule has 0 spiro atoms. The molecule has 3 rings (SSSR count). The van der Waals surface area contributed by atoms with Gasteiger partial charge in [-0.15, -0.1) is 0 Å². The van der Waals surface area contributed by atoms with E-state index in [1.54, 1.807) is 6.20 Å². The predicted molar refractivity (Wildman–Crippen MR) is 90.1 cm³/mol. The van der Waals surface area contributed by atoms with Gasteiger partial charge in [0.1, 0.15) is 11.6 Å². The Morgan fingerprint density at radius 2 is 2.12 bits per heavy atom. The molecule has 134 valence electrons. The summed E-state index contributed by atoms with van der Waals surface area (Å²) in [5.74, 6) is -0.918. The van der Waals surface area contributed by atoms with Crippen LogP contribution in [0, 0.1) is 11.6 Å². The van der Waals surface area contributed by atoms with Crippen LogP contribution < -0.4 is 5.32 Å². The highest BCUT2D eigenvalue weighted by Crippen LogP contribution is 2.24. The third-order valence-electron chi connectivity index (χ3n) is 4.59. The molecule has 7 heteroatoms. The van der Waals surface area contributed by atoms with Crippen molar-refractivity contribution in [1.29, 1.82) is 0 Å². The van der Waals surface area contributed by atoms with Crippen molar-refractivity contribution in [3.8, 4) is 0 Å². The van der Waals surface area contributed by atoms with E-state index in [0.717, 1.165) is 31.6 Å². The number of amides is 1. The maximum Gasteiger partial charge on any atom is 0.234 e. The number of aromatic amines is 1. The highest BCUT2D eigenvalue weighted by molar-refractivity contribution is 5.78. The lowest BCUT2D eigenvalue weighted by Gasteiger charge is -2.31. The van der Waals surface area contributed by atoms with E-state index in [1.165, 1.54) is 18.2 Å². The fourth-order valence-corrected chi connectivity index (χ4v) is 3.30. The van der Waals surface area contributed by atoms with Crippen LogP contribution in [0.25, 0.3) is 0 Å². The maximum absolute atomic E-state index is 13.6. The second-order valence-corrected chi connectivity index (χ2v) is 6.39. The summed E-state index contributed by atoms with van der Waals surface area (Å²) in [6, 6.07) is 5.75. The number of nitrogens with one attached hydrogen (secondary N) is 2. The molecule has 5 nitrogen and oxygen atoms in total. The average Bonchev–Trinajstić information content (AvgIpc) is 3.12. The molecule has 25 heavy (non-hydrogen) atoms. The number of hydrogen-bond acceptors (Lipinski definition) is 3. The van der Waals surface area contributed by atoms with Gasteiger partial charge in [-0.3, -0.25) is 14.8 Å². The van der Waals surface area contributed by atoms with Crippen LogP contribution in [-0.2, 0) is 11.2 Å². The van der Waals surface area contributed by atoms with E-state index in [2.05, 4.69) is 20.4 Å². The first-order chi connectivity index (χ1) is 12.1. The van der Waals surface area contributed by atoms with Crippen molar-refractivity contribution in [3.63, 3.8) is 0 Å². The fraction of sp³-hybridized carbons (Fsp3) is 0.444. The van der Waals surface area contributed by atoms with Crippen molar-refractivity contribution in [2.24, 2.45) is 0 Å². The van der Waals surface area contributed by atoms with Crippen LogP contribution >= 0.6 is 0 Å². The van der Waals surface area contributed by atoms with E-state index >= 15 is 0 Å². The molecule has 2 heterocycles. The van der Waals surface area contributed by atoms with Gasteiger partial charge in [-0.25, -0.2) is 8.78 Å². The summed E-state index contributed by atoms with van der Waals surface area (Å²) in [4.78, 5) is 14.2. The van der Waals surface area contributed by atoms with E-state index < -0.39 is 11.6 Å². The molecular formula is C18H22F2N4O. The van der Waals surface area contributed by atoms with Crippen LogP contribution in [0.15, 0.2) is 30.5 Å². The summed E-state index contributed by atoms with van der Waals surface area (Å²) >= 11 is 0. The topological polar surface area (TPSA) is 61.0 Å². The Bertz CT molecular complexity index is 685. The maximum atomic E-state index is 13.6. The lowest BCUT2D eigenvalue weighted by molar-refractivity contribution is -0.122. The van der Waals surface area contributed by atoms with Crippen LogP contribution in [-0.4, -0.2) is 47.2 Å². The zero-order valence-electron chi connectivity index (χ0n) is 14.0. The Balaban J connectivity index is 1.44. The fourth-order valence-electron chi connectivity index (χ4n) is 3.30. The Morgan fingerprint density at radius 1 is 1.32 bits per heavy atom. The predicted octanol–water partition coefficient (Wildman–Crippen LogP) is 2.23. The first-order valence-corrected chi connectivity index (χ1v) is 8.54. The van der Waals surface area contributed by atoms with E-state index in [4.69, 9.17) is 0 Å².